The Balaban J connectivity index is 1.17. The lowest BCUT2D eigenvalue weighted by Gasteiger charge is -2.35. The van der Waals surface area contributed by atoms with Crippen LogP contribution in [0, 0.1) is 17.8 Å². The average molecular weight is 651 g/mol. The number of nitrogens with zero attached hydrogens (tertiary/aromatic N) is 1. The van der Waals surface area contributed by atoms with Gasteiger partial charge in [0, 0.05) is 23.0 Å². The first-order chi connectivity index (χ1) is 24.5. The van der Waals surface area contributed by atoms with Crippen molar-refractivity contribution in [2.45, 2.75) is 58.2 Å². The van der Waals surface area contributed by atoms with E-state index in [0.717, 1.165) is 30.4 Å². The topological polar surface area (TPSA) is 3.24 Å². The van der Waals surface area contributed by atoms with Crippen LogP contribution < -0.4 is 4.90 Å². The molecule has 1 aromatic rings. The number of allylic oxidation sites excluding steroid dienone is 28. The number of hydrogen-bond donors (Lipinski definition) is 0. The summed E-state index contributed by atoms with van der Waals surface area (Å²) in [4.78, 5) is 2.44. The molecule has 0 aromatic heterocycles. The second kappa shape index (κ2) is 15.4. The summed E-state index contributed by atoms with van der Waals surface area (Å²) in [7, 11) is 2.54. The molecular weight excluding hydrogens is 601 g/mol. The molecule has 5 aliphatic carbocycles. The zero-order valence-electron chi connectivity index (χ0n) is 29.8. The monoisotopic (exact) mass is 650 g/mol. The van der Waals surface area contributed by atoms with E-state index in [1.165, 1.54) is 58.6 Å². The van der Waals surface area contributed by atoms with Crippen molar-refractivity contribution in [3.8, 4) is 0 Å². The fourth-order valence-electron chi connectivity index (χ4n) is 8.37. The Hall–Kier alpha value is -4.82. The maximum atomic E-state index is 4.10. The summed E-state index contributed by atoms with van der Waals surface area (Å²) in [5.74, 6) is 2.14. The second-order valence-corrected chi connectivity index (χ2v) is 14.3. The summed E-state index contributed by atoms with van der Waals surface area (Å²) >= 11 is 0. The van der Waals surface area contributed by atoms with Gasteiger partial charge < -0.3 is 4.90 Å². The highest BCUT2D eigenvalue weighted by atomic mass is 15.2. The Morgan fingerprint density at radius 1 is 0.880 bits per heavy atom. The van der Waals surface area contributed by atoms with Crippen molar-refractivity contribution in [3.05, 3.63) is 203 Å². The van der Waals surface area contributed by atoms with Gasteiger partial charge in [0.1, 0.15) is 0 Å². The predicted octanol–water partition coefficient (Wildman–Crippen LogP) is 12.6. The van der Waals surface area contributed by atoms with Crippen LogP contribution in [0.2, 0.25) is 5.82 Å². The molecule has 0 fully saturated rings. The molecule has 4 atom stereocenters. The molecule has 0 amide bonds. The van der Waals surface area contributed by atoms with Gasteiger partial charge in [-0.2, -0.15) is 0 Å². The van der Waals surface area contributed by atoms with Gasteiger partial charge in [-0.1, -0.05) is 134 Å². The Bertz CT molecular complexity index is 1930. The average Bonchev–Trinajstić information content (AvgIpc) is 3.54. The van der Waals surface area contributed by atoms with Crippen molar-refractivity contribution in [2.24, 2.45) is 17.8 Å². The first-order valence-corrected chi connectivity index (χ1v) is 18.5. The quantitative estimate of drug-likeness (QED) is 0.180. The molecule has 249 valence electrons. The molecule has 1 radical (unpaired) electrons. The smallest absolute Gasteiger partial charge is 0.155 e. The number of hydrogen-bond acceptors (Lipinski definition) is 1. The zero-order valence-corrected chi connectivity index (χ0v) is 29.8. The van der Waals surface area contributed by atoms with Gasteiger partial charge in [-0.25, -0.2) is 0 Å². The Kier molecular flexibility index (Phi) is 10.4. The van der Waals surface area contributed by atoms with E-state index in [4.69, 9.17) is 0 Å². The van der Waals surface area contributed by atoms with Crippen LogP contribution in [0.15, 0.2) is 198 Å². The van der Waals surface area contributed by atoms with Crippen molar-refractivity contribution in [1.29, 1.82) is 0 Å². The van der Waals surface area contributed by atoms with Gasteiger partial charge in [0.25, 0.3) is 0 Å². The minimum Gasteiger partial charge on any atom is -0.318 e. The lowest BCUT2D eigenvalue weighted by atomic mass is 9.58. The summed E-state index contributed by atoms with van der Waals surface area (Å²) in [6.07, 6.45) is 49.4. The van der Waals surface area contributed by atoms with E-state index in [1.54, 1.807) is 17.1 Å². The third kappa shape index (κ3) is 7.22. The van der Waals surface area contributed by atoms with Gasteiger partial charge in [0.05, 0.1) is 0 Å². The summed E-state index contributed by atoms with van der Waals surface area (Å²) in [6.45, 7) is 12.2. The van der Waals surface area contributed by atoms with Crippen molar-refractivity contribution >= 4 is 18.5 Å². The van der Waals surface area contributed by atoms with Gasteiger partial charge in [-0.15, -0.1) is 5.47 Å². The molecule has 0 saturated heterocycles. The Morgan fingerprint density at radius 3 is 2.54 bits per heavy atom. The van der Waals surface area contributed by atoms with Gasteiger partial charge in [0.2, 0.25) is 0 Å². The SMILES string of the molecule is C=C\C=C/C=C(C)/C(C=C)=C/C=C(\C)N(C1=CC=C2C=C([C@H]3CCC4=C(C3)[C@@H]3C=CC=CC3[B]4)C=C[C@@H]2C1)c1ccc(C2=CCCC=C2)cc1. The highest BCUT2D eigenvalue weighted by molar-refractivity contribution is 6.50. The lowest BCUT2D eigenvalue weighted by Crippen LogP contribution is -2.25. The molecule has 1 aliphatic heterocycles. The Morgan fingerprint density at radius 2 is 1.74 bits per heavy atom. The number of anilines is 1. The van der Waals surface area contributed by atoms with Crippen LogP contribution in [0.3, 0.4) is 0 Å². The van der Waals surface area contributed by atoms with Gasteiger partial charge >= 0.3 is 0 Å². The van der Waals surface area contributed by atoms with E-state index in [9.17, 15) is 0 Å². The Labute approximate surface area is 301 Å². The molecule has 1 nitrogen and oxygen atoms in total. The molecule has 0 bridgehead atoms. The van der Waals surface area contributed by atoms with E-state index < -0.39 is 0 Å². The van der Waals surface area contributed by atoms with Gasteiger partial charge in [-0.05, 0) is 128 Å². The van der Waals surface area contributed by atoms with Crippen molar-refractivity contribution in [1.82, 2.24) is 0 Å². The van der Waals surface area contributed by atoms with E-state index in [-0.39, 0.29) is 0 Å². The number of rotatable bonds is 10. The van der Waals surface area contributed by atoms with Crippen LogP contribution in [0.25, 0.3) is 5.57 Å². The number of benzene rings is 1. The number of fused-ring (bicyclic) bond motifs is 3. The molecule has 2 heteroatoms. The van der Waals surface area contributed by atoms with E-state index in [0.29, 0.717) is 23.6 Å². The van der Waals surface area contributed by atoms with Crippen LogP contribution >= 0.6 is 0 Å². The summed E-state index contributed by atoms with van der Waals surface area (Å²) < 4.78 is 0. The first kappa shape index (κ1) is 33.7. The highest BCUT2D eigenvalue weighted by Crippen LogP contribution is 2.49. The standard InChI is InChI=1S/C48H49BN/c1-5-7-9-14-34(3)36(6-2)20-19-35(4)50(43-27-23-38(24-28-43)37-15-10-8-11-16-37)44-29-25-40-31-39(21-22-41(40)32-44)42-26-30-48-46(33-42)45-17-12-13-18-47(45)49-48/h5-7,9-10,12-25,27-29,31,41-42,45,47H,1-2,8,11,26,30,32-33H2,3-4H3/b9-7-,34-14+,35-19+,36-20+/t41-,42+,45+,47?/m1/s1. The third-order valence-electron chi connectivity index (χ3n) is 11.1. The fourth-order valence-corrected chi connectivity index (χ4v) is 8.37. The molecule has 1 heterocycles. The van der Waals surface area contributed by atoms with Crippen molar-refractivity contribution in [3.63, 3.8) is 0 Å². The van der Waals surface area contributed by atoms with Crippen molar-refractivity contribution < 1.29 is 0 Å². The van der Waals surface area contributed by atoms with Crippen molar-refractivity contribution in [2.75, 3.05) is 4.90 Å². The minimum atomic E-state index is 0.376. The van der Waals surface area contributed by atoms with Crippen LogP contribution in [-0.4, -0.2) is 7.28 Å². The molecule has 7 rings (SSSR count). The summed E-state index contributed by atoms with van der Waals surface area (Å²) in [6, 6.07) is 9.11. The molecule has 1 aromatic carbocycles. The largest absolute Gasteiger partial charge is 0.318 e. The summed E-state index contributed by atoms with van der Waals surface area (Å²) in [5, 5.41) is 0. The van der Waals surface area contributed by atoms with E-state index in [1.807, 2.05) is 18.2 Å². The van der Waals surface area contributed by atoms with Crippen LogP contribution in [-0.2, 0) is 0 Å². The fraction of sp³-hybridized carbons (Fsp3) is 0.250. The first-order valence-electron chi connectivity index (χ1n) is 18.5. The van der Waals surface area contributed by atoms with Crippen LogP contribution in [0.5, 0.6) is 0 Å². The van der Waals surface area contributed by atoms with Gasteiger partial charge in [0.15, 0.2) is 7.28 Å². The van der Waals surface area contributed by atoms with Crippen LogP contribution in [0.1, 0.15) is 57.9 Å². The maximum Gasteiger partial charge on any atom is 0.155 e. The minimum absolute atomic E-state index is 0.376. The molecule has 6 aliphatic rings. The molecule has 0 N–H and O–H groups in total. The normalized spacial score (nSPS) is 26.0. The zero-order chi connectivity index (χ0) is 34.5. The predicted molar refractivity (Wildman–Crippen MR) is 218 cm³/mol. The van der Waals surface area contributed by atoms with E-state index in [2.05, 4.69) is 155 Å². The third-order valence-corrected chi connectivity index (χ3v) is 11.1. The maximum absolute atomic E-state index is 4.10. The van der Waals surface area contributed by atoms with E-state index >= 15 is 0 Å². The van der Waals surface area contributed by atoms with Gasteiger partial charge in [-0.3, -0.25) is 0 Å². The molecule has 50 heavy (non-hydrogen) atoms. The lowest BCUT2D eigenvalue weighted by molar-refractivity contribution is 0.512. The molecule has 1 unspecified atom stereocenters. The molecule has 0 spiro atoms. The highest BCUT2D eigenvalue weighted by Gasteiger charge is 2.37. The summed E-state index contributed by atoms with van der Waals surface area (Å²) in [5.41, 5.74) is 14.8. The molecule has 0 saturated carbocycles. The van der Waals surface area contributed by atoms with Crippen LogP contribution in [0.4, 0.5) is 5.69 Å². The molecular formula is C48H49BN. The second-order valence-electron chi connectivity index (χ2n) is 14.3.